The molecule has 3 N–H and O–H groups in total. The maximum absolute atomic E-state index is 11.9. The second-order valence-electron chi connectivity index (χ2n) is 6.70. The van der Waals surface area contributed by atoms with E-state index in [1.54, 1.807) is 7.11 Å². The molecule has 0 radical (unpaired) electrons. The second-order valence-corrected chi connectivity index (χ2v) is 6.70. The Labute approximate surface area is 185 Å². The molecule has 0 spiro atoms. The lowest BCUT2D eigenvalue weighted by molar-refractivity contribution is -0.120. The van der Waals surface area contributed by atoms with Crippen molar-refractivity contribution in [1.82, 2.24) is 16.0 Å². The lowest BCUT2D eigenvalue weighted by Gasteiger charge is -2.13. The zero-order valence-electron chi connectivity index (χ0n) is 17.0. The van der Waals surface area contributed by atoms with Crippen LogP contribution in [0.25, 0.3) is 0 Å². The minimum Gasteiger partial charge on any atom is -0.493 e. The van der Waals surface area contributed by atoms with E-state index in [1.807, 2.05) is 26.0 Å². The summed E-state index contributed by atoms with van der Waals surface area (Å²) in [4.78, 5) is 16.4. The Kier molecular flexibility index (Phi) is 11.9. The molecule has 8 heteroatoms. The molecule has 1 saturated carbocycles. The molecule has 0 bridgehead atoms. The predicted octanol–water partition coefficient (Wildman–Crippen LogP) is 2.36. The van der Waals surface area contributed by atoms with Crippen LogP contribution in [0.5, 0.6) is 5.75 Å². The Balaban J connectivity index is 0.00000392. The van der Waals surface area contributed by atoms with Gasteiger partial charge in [0.15, 0.2) is 5.96 Å². The number of amides is 1. The van der Waals surface area contributed by atoms with E-state index in [-0.39, 0.29) is 36.4 Å². The number of aliphatic imine (C=N–C) groups is 1. The van der Waals surface area contributed by atoms with Crippen LogP contribution >= 0.6 is 24.0 Å². The first-order valence-electron chi connectivity index (χ1n) is 9.65. The molecule has 0 atom stereocenters. The fourth-order valence-corrected chi connectivity index (χ4v) is 2.49. The average molecular weight is 504 g/mol. The molecule has 0 heterocycles. The number of carbonyl (C=O) groups is 1. The second kappa shape index (κ2) is 13.6. The average Bonchev–Trinajstić information content (AvgIpc) is 3.46. The van der Waals surface area contributed by atoms with Crippen molar-refractivity contribution < 1.29 is 14.3 Å². The summed E-state index contributed by atoms with van der Waals surface area (Å²) in [5.41, 5.74) is 2.16. The zero-order chi connectivity index (χ0) is 19.5. The quantitative estimate of drug-likeness (QED) is 0.187. The molecule has 158 valence electrons. The largest absolute Gasteiger partial charge is 0.493 e. The highest BCUT2D eigenvalue weighted by Gasteiger charge is 2.22. The molecular formula is C20H33IN4O3. The van der Waals surface area contributed by atoms with Gasteiger partial charge < -0.3 is 25.4 Å². The predicted molar refractivity (Wildman–Crippen MR) is 123 cm³/mol. The van der Waals surface area contributed by atoms with E-state index in [4.69, 9.17) is 9.47 Å². The van der Waals surface area contributed by atoms with Crippen LogP contribution in [0.1, 0.15) is 37.3 Å². The van der Waals surface area contributed by atoms with E-state index < -0.39 is 0 Å². The molecule has 0 unspecified atom stereocenters. The smallest absolute Gasteiger partial charge is 0.239 e. The highest BCUT2D eigenvalue weighted by Crippen LogP contribution is 2.21. The van der Waals surface area contributed by atoms with Crippen LogP contribution in [0, 0.1) is 6.92 Å². The minimum atomic E-state index is 0. The number of halogens is 1. The van der Waals surface area contributed by atoms with Gasteiger partial charge in [0.05, 0.1) is 19.7 Å². The van der Waals surface area contributed by atoms with Gasteiger partial charge in [-0.2, -0.15) is 0 Å². The third kappa shape index (κ3) is 9.59. The summed E-state index contributed by atoms with van der Waals surface area (Å²) in [5.74, 6) is 1.46. The molecule has 0 saturated heterocycles. The van der Waals surface area contributed by atoms with Gasteiger partial charge in [0.25, 0.3) is 0 Å². The molecular weight excluding hydrogens is 471 g/mol. The maximum atomic E-state index is 11.9. The highest BCUT2D eigenvalue weighted by atomic mass is 127. The van der Waals surface area contributed by atoms with Crippen LogP contribution in [0.4, 0.5) is 0 Å². The van der Waals surface area contributed by atoms with Gasteiger partial charge in [-0.15, -0.1) is 24.0 Å². The third-order valence-electron chi connectivity index (χ3n) is 4.08. The van der Waals surface area contributed by atoms with Crippen LogP contribution in [0.15, 0.2) is 23.2 Å². The SMILES string of the molecule is CCNC(=NCc1ccc(C)cc1OCCCOC)NCC(=O)NC1CC1.I. The number of ether oxygens (including phenoxy) is 2. The summed E-state index contributed by atoms with van der Waals surface area (Å²) < 4.78 is 11.0. The number of hydrogen-bond acceptors (Lipinski definition) is 4. The number of hydrogen-bond donors (Lipinski definition) is 3. The number of methoxy groups -OCH3 is 1. The van der Waals surface area contributed by atoms with Crippen molar-refractivity contribution in [1.29, 1.82) is 0 Å². The molecule has 0 aromatic heterocycles. The van der Waals surface area contributed by atoms with Crippen molar-refractivity contribution in [3.05, 3.63) is 29.3 Å². The van der Waals surface area contributed by atoms with Gasteiger partial charge in [0.2, 0.25) is 5.91 Å². The van der Waals surface area contributed by atoms with Gasteiger partial charge in [-0.05, 0) is 38.3 Å². The fourth-order valence-electron chi connectivity index (χ4n) is 2.49. The van der Waals surface area contributed by atoms with Crippen molar-refractivity contribution in [2.24, 2.45) is 4.99 Å². The van der Waals surface area contributed by atoms with E-state index in [1.165, 1.54) is 0 Å². The first-order chi connectivity index (χ1) is 13.1. The lowest BCUT2D eigenvalue weighted by atomic mass is 10.1. The highest BCUT2D eigenvalue weighted by molar-refractivity contribution is 14.0. The van der Waals surface area contributed by atoms with Crippen molar-refractivity contribution in [3.63, 3.8) is 0 Å². The van der Waals surface area contributed by atoms with Gasteiger partial charge in [-0.3, -0.25) is 4.79 Å². The zero-order valence-corrected chi connectivity index (χ0v) is 19.4. The number of nitrogens with zero attached hydrogens (tertiary/aromatic N) is 1. The molecule has 1 aromatic rings. The van der Waals surface area contributed by atoms with Crippen LogP contribution in [-0.4, -0.2) is 51.3 Å². The van der Waals surface area contributed by atoms with Crippen molar-refractivity contribution in [3.8, 4) is 5.75 Å². The summed E-state index contributed by atoms with van der Waals surface area (Å²) in [5, 5.41) is 9.21. The molecule has 2 rings (SSSR count). The third-order valence-corrected chi connectivity index (χ3v) is 4.08. The van der Waals surface area contributed by atoms with Gasteiger partial charge in [0.1, 0.15) is 5.75 Å². The van der Waals surface area contributed by atoms with Crippen LogP contribution in [-0.2, 0) is 16.1 Å². The topological polar surface area (TPSA) is 84.0 Å². The van der Waals surface area contributed by atoms with Crippen molar-refractivity contribution in [2.45, 2.75) is 45.7 Å². The van der Waals surface area contributed by atoms with Crippen molar-refractivity contribution >= 4 is 35.8 Å². The van der Waals surface area contributed by atoms with E-state index in [0.29, 0.717) is 31.8 Å². The fraction of sp³-hybridized carbons (Fsp3) is 0.600. The van der Waals surface area contributed by atoms with Gasteiger partial charge in [-0.1, -0.05) is 12.1 Å². The first kappa shape index (κ1) is 24.5. The number of aryl methyl sites for hydroxylation is 1. The molecule has 1 aliphatic carbocycles. The summed E-state index contributed by atoms with van der Waals surface area (Å²) in [7, 11) is 1.69. The number of guanidine groups is 1. The van der Waals surface area contributed by atoms with E-state index in [0.717, 1.165) is 42.7 Å². The lowest BCUT2D eigenvalue weighted by Crippen LogP contribution is -2.43. The Morgan fingerprint density at radius 2 is 2.04 bits per heavy atom. The summed E-state index contributed by atoms with van der Waals surface area (Å²) in [6, 6.07) is 6.48. The Bertz CT molecular complexity index is 636. The Morgan fingerprint density at radius 3 is 2.71 bits per heavy atom. The minimum absolute atomic E-state index is 0. The normalized spacial score (nSPS) is 13.5. The Hall–Kier alpha value is -1.55. The van der Waals surface area contributed by atoms with Crippen LogP contribution in [0.2, 0.25) is 0 Å². The molecule has 1 aliphatic rings. The number of benzene rings is 1. The standard InChI is InChI=1S/C20H32N4O3.HI/c1-4-21-20(23-14-19(25)24-17-8-9-17)22-13-16-7-6-15(2)12-18(16)27-11-5-10-26-3;/h6-7,12,17H,4-5,8-11,13-14H2,1-3H3,(H,24,25)(H2,21,22,23);1H. The summed E-state index contributed by atoms with van der Waals surface area (Å²) >= 11 is 0. The van der Waals surface area contributed by atoms with E-state index in [2.05, 4.69) is 27.0 Å². The summed E-state index contributed by atoms with van der Waals surface area (Å²) in [6.45, 7) is 6.74. The molecule has 0 aliphatic heterocycles. The number of carbonyl (C=O) groups excluding carboxylic acids is 1. The van der Waals surface area contributed by atoms with Gasteiger partial charge in [-0.25, -0.2) is 4.99 Å². The van der Waals surface area contributed by atoms with E-state index in [9.17, 15) is 4.79 Å². The van der Waals surface area contributed by atoms with Crippen molar-refractivity contribution in [2.75, 3.05) is 33.4 Å². The van der Waals surface area contributed by atoms with Gasteiger partial charge in [0, 0.05) is 38.3 Å². The number of rotatable bonds is 11. The Morgan fingerprint density at radius 1 is 1.25 bits per heavy atom. The molecule has 1 amide bonds. The number of nitrogens with one attached hydrogen (secondary N) is 3. The monoisotopic (exact) mass is 504 g/mol. The molecule has 7 nitrogen and oxygen atoms in total. The van der Waals surface area contributed by atoms with Crippen LogP contribution < -0.4 is 20.7 Å². The molecule has 1 fully saturated rings. The molecule has 28 heavy (non-hydrogen) atoms. The maximum Gasteiger partial charge on any atom is 0.239 e. The van der Waals surface area contributed by atoms with Crippen LogP contribution in [0.3, 0.4) is 0 Å². The first-order valence-corrected chi connectivity index (χ1v) is 9.65. The summed E-state index contributed by atoms with van der Waals surface area (Å²) in [6.07, 6.45) is 3.01. The van der Waals surface area contributed by atoms with Gasteiger partial charge >= 0.3 is 0 Å². The molecule has 1 aromatic carbocycles. The van der Waals surface area contributed by atoms with E-state index >= 15 is 0 Å².